The number of halogens is 1. The molecule has 94 valence electrons. The van der Waals surface area contributed by atoms with Crippen LogP contribution in [-0.2, 0) is 0 Å². The highest BCUT2D eigenvalue weighted by Gasteiger charge is 2.22. The molecule has 0 saturated heterocycles. The van der Waals surface area contributed by atoms with Gasteiger partial charge in [0.05, 0.1) is 24.7 Å². The van der Waals surface area contributed by atoms with Gasteiger partial charge in [0.2, 0.25) is 11.8 Å². The molecule has 0 radical (unpaired) electrons. The van der Waals surface area contributed by atoms with Crippen LogP contribution in [0.25, 0.3) is 0 Å². The summed E-state index contributed by atoms with van der Waals surface area (Å²) in [5.41, 5.74) is 0.783. The SMILES string of the molecule is Clc1cnc(Nc2cn[nH]c2)nc1OCC1CC1. The van der Waals surface area contributed by atoms with Gasteiger partial charge in [0.15, 0.2) is 0 Å². The lowest BCUT2D eigenvalue weighted by Crippen LogP contribution is -2.04. The van der Waals surface area contributed by atoms with Crippen molar-refractivity contribution < 1.29 is 4.74 Å². The van der Waals surface area contributed by atoms with E-state index in [0.717, 1.165) is 5.69 Å². The molecule has 0 bridgehead atoms. The Labute approximate surface area is 109 Å². The smallest absolute Gasteiger partial charge is 0.237 e. The molecule has 1 aliphatic carbocycles. The Morgan fingerprint density at radius 1 is 1.44 bits per heavy atom. The Morgan fingerprint density at radius 3 is 3.06 bits per heavy atom. The average molecular weight is 266 g/mol. The Kier molecular flexibility index (Phi) is 3.02. The Hall–Kier alpha value is -1.82. The first-order valence-electron chi connectivity index (χ1n) is 5.72. The summed E-state index contributed by atoms with van der Waals surface area (Å²) >= 11 is 5.99. The van der Waals surface area contributed by atoms with Crippen molar-refractivity contribution in [3.8, 4) is 5.88 Å². The van der Waals surface area contributed by atoms with Crippen LogP contribution in [0.1, 0.15) is 12.8 Å². The number of nitrogens with one attached hydrogen (secondary N) is 2. The molecule has 0 atom stereocenters. The van der Waals surface area contributed by atoms with Crippen LogP contribution in [-0.4, -0.2) is 26.8 Å². The van der Waals surface area contributed by atoms with E-state index in [2.05, 4.69) is 25.5 Å². The highest BCUT2D eigenvalue weighted by atomic mass is 35.5. The highest BCUT2D eigenvalue weighted by Crippen LogP contribution is 2.31. The van der Waals surface area contributed by atoms with Gasteiger partial charge in [-0.05, 0) is 18.8 Å². The molecule has 2 aromatic rings. The molecule has 7 heteroatoms. The maximum atomic E-state index is 5.99. The van der Waals surface area contributed by atoms with E-state index in [9.17, 15) is 0 Å². The zero-order chi connectivity index (χ0) is 12.4. The molecule has 2 heterocycles. The van der Waals surface area contributed by atoms with Gasteiger partial charge in [-0.15, -0.1) is 0 Å². The molecule has 18 heavy (non-hydrogen) atoms. The number of hydrogen-bond donors (Lipinski definition) is 2. The zero-order valence-corrected chi connectivity index (χ0v) is 10.3. The molecule has 1 fully saturated rings. The van der Waals surface area contributed by atoms with Crippen LogP contribution in [0.5, 0.6) is 5.88 Å². The van der Waals surface area contributed by atoms with Gasteiger partial charge in [0, 0.05) is 6.20 Å². The van der Waals surface area contributed by atoms with Crippen molar-refractivity contribution in [3.05, 3.63) is 23.6 Å². The molecule has 6 nitrogen and oxygen atoms in total. The van der Waals surface area contributed by atoms with Crippen molar-refractivity contribution in [1.29, 1.82) is 0 Å². The van der Waals surface area contributed by atoms with Gasteiger partial charge in [-0.2, -0.15) is 10.1 Å². The molecule has 1 saturated carbocycles. The Balaban J connectivity index is 1.72. The first kappa shape index (κ1) is 11.3. The number of aromatic nitrogens is 4. The van der Waals surface area contributed by atoms with Gasteiger partial charge >= 0.3 is 0 Å². The van der Waals surface area contributed by atoms with Crippen LogP contribution in [0, 0.1) is 5.92 Å². The van der Waals surface area contributed by atoms with Crippen molar-refractivity contribution in [2.24, 2.45) is 5.92 Å². The predicted molar refractivity (Wildman–Crippen MR) is 67.1 cm³/mol. The van der Waals surface area contributed by atoms with E-state index >= 15 is 0 Å². The summed E-state index contributed by atoms with van der Waals surface area (Å²) in [5.74, 6) is 1.51. The maximum Gasteiger partial charge on any atom is 0.237 e. The van der Waals surface area contributed by atoms with Gasteiger partial charge in [0.25, 0.3) is 0 Å². The summed E-state index contributed by atoms with van der Waals surface area (Å²) in [4.78, 5) is 8.31. The van der Waals surface area contributed by atoms with E-state index in [0.29, 0.717) is 29.4 Å². The number of anilines is 2. The second-order valence-corrected chi connectivity index (χ2v) is 4.62. The first-order chi connectivity index (χ1) is 8.81. The monoisotopic (exact) mass is 265 g/mol. The van der Waals surface area contributed by atoms with Gasteiger partial charge in [-0.25, -0.2) is 4.98 Å². The van der Waals surface area contributed by atoms with Crippen molar-refractivity contribution in [2.45, 2.75) is 12.8 Å². The van der Waals surface area contributed by atoms with Gasteiger partial charge in [0.1, 0.15) is 5.02 Å². The minimum absolute atomic E-state index is 0.421. The van der Waals surface area contributed by atoms with Crippen LogP contribution in [0.4, 0.5) is 11.6 Å². The van der Waals surface area contributed by atoms with Crippen molar-refractivity contribution in [3.63, 3.8) is 0 Å². The quantitative estimate of drug-likeness (QED) is 0.868. The lowest BCUT2D eigenvalue weighted by atomic mass is 10.5. The predicted octanol–water partition coefficient (Wildman–Crippen LogP) is 2.39. The maximum absolute atomic E-state index is 5.99. The molecule has 0 spiro atoms. The topological polar surface area (TPSA) is 75.7 Å². The Morgan fingerprint density at radius 2 is 2.33 bits per heavy atom. The fraction of sp³-hybridized carbons (Fsp3) is 0.364. The van der Waals surface area contributed by atoms with Crippen LogP contribution >= 0.6 is 11.6 Å². The summed E-state index contributed by atoms with van der Waals surface area (Å²) < 4.78 is 5.57. The normalized spacial score (nSPS) is 14.5. The number of nitrogens with zero attached hydrogens (tertiary/aromatic N) is 3. The summed E-state index contributed by atoms with van der Waals surface area (Å²) in [5, 5.41) is 9.95. The van der Waals surface area contributed by atoms with Crippen molar-refractivity contribution in [2.75, 3.05) is 11.9 Å². The highest BCUT2D eigenvalue weighted by molar-refractivity contribution is 6.31. The van der Waals surface area contributed by atoms with Crippen LogP contribution in [0.3, 0.4) is 0 Å². The zero-order valence-electron chi connectivity index (χ0n) is 9.56. The number of rotatable bonds is 5. The summed E-state index contributed by atoms with van der Waals surface area (Å²) in [6, 6.07) is 0. The third kappa shape index (κ3) is 2.70. The largest absolute Gasteiger partial charge is 0.476 e. The summed E-state index contributed by atoms with van der Waals surface area (Å²) in [7, 11) is 0. The van der Waals surface area contributed by atoms with E-state index in [1.165, 1.54) is 19.0 Å². The lowest BCUT2D eigenvalue weighted by molar-refractivity contribution is 0.288. The van der Waals surface area contributed by atoms with Crippen molar-refractivity contribution in [1.82, 2.24) is 20.2 Å². The number of hydrogen-bond acceptors (Lipinski definition) is 5. The van der Waals surface area contributed by atoms with E-state index < -0.39 is 0 Å². The second kappa shape index (κ2) is 4.81. The standard InChI is InChI=1S/C11H12ClN5O/c12-9-5-13-11(16-8-3-14-15-4-8)17-10(9)18-6-7-1-2-7/h3-5,7H,1-2,6H2,(H,14,15)(H,13,16,17). The molecule has 0 amide bonds. The van der Waals surface area contributed by atoms with E-state index in [1.54, 1.807) is 12.4 Å². The molecule has 1 aliphatic rings. The third-order valence-corrected chi connectivity index (χ3v) is 2.88. The lowest BCUT2D eigenvalue weighted by Gasteiger charge is -2.07. The van der Waals surface area contributed by atoms with Crippen LogP contribution in [0.15, 0.2) is 18.6 Å². The average Bonchev–Trinajstić information content (AvgIpc) is 3.07. The molecular formula is C11H12ClN5O. The van der Waals surface area contributed by atoms with Crippen molar-refractivity contribution >= 4 is 23.2 Å². The fourth-order valence-corrected chi connectivity index (χ4v) is 1.59. The van der Waals surface area contributed by atoms with E-state index in [-0.39, 0.29) is 0 Å². The van der Waals surface area contributed by atoms with E-state index in [1.807, 2.05) is 0 Å². The van der Waals surface area contributed by atoms with Gasteiger partial charge < -0.3 is 10.1 Å². The first-order valence-corrected chi connectivity index (χ1v) is 6.10. The fourth-order valence-electron chi connectivity index (χ4n) is 1.44. The van der Waals surface area contributed by atoms with E-state index in [4.69, 9.17) is 16.3 Å². The number of H-pyrrole nitrogens is 1. The second-order valence-electron chi connectivity index (χ2n) is 4.21. The van der Waals surface area contributed by atoms with Gasteiger partial charge in [-0.3, -0.25) is 5.10 Å². The summed E-state index contributed by atoms with van der Waals surface area (Å²) in [6.07, 6.45) is 7.33. The molecule has 2 N–H and O–H groups in total. The molecular weight excluding hydrogens is 254 g/mol. The van der Waals surface area contributed by atoms with Gasteiger partial charge in [-0.1, -0.05) is 11.6 Å². The minimum atomic E-state index is 0.421. The third-order valence-electron chi connectivity index (χ3n) is 2.62. The molecule has 3 rings (SSSR count). The molecule has 2 aromatic heterocycles. The summed E-state index contributed by atoms with van der Waals surface area (Å²) in [6.45, 7) is 0.669. The Bertz CT molecular complexity index is 526. The number of ether oxygens (including phenoxy) is 1. The molecule has 0 aliphatic heterocycles. The van der Waals surface area contributed by atoms with Crippen LogP contribution < -0.4 is 10.1 Å². The van der Waals surface area contributed by atoms with Crippen LogP contribution in [0.2, 0.25) is 5.02 Å². The molecule has 0 unspecified atom stereocenters. The minimum Gasteiger partial charge on any atom is -0.476 e. The molecule has 0 aromatic carbocycles. The number of aromatic amines is 1.